The van der Waals surface area contributed by atoms with Gasteiger partial charge in [0.1, 0.15) is 11.3 Å². The van der Waals surface area contributed by atoms with E-state index in [0.717, 1.165) is 23.6 Å². The van der Waals surface area contributed by atoms with Gasteiger partial charge in [0, 0.05) is 16.7 Å². The lowest BCUT2D eigenvalue weighted by Gasteiger charge is -2.28. The van der Waals surface area contributed by atoms with Crippen molar-refractivity contribution in [2.24, 2.45) is 0 Å². The average Bonchev–Trinajstić information content (AvgIpc) is 2.82. The number of methoxy groups -OCH3 is 1. The second kappa shape index (κ2) is 6.39. The zero-order chi connectivity index (χ0) is 14.6. The van der Waals surface area contributed by atoms with Gasteiger partial charge in [0.2, 0.25) is 0 Å². The molecule has 1 aliphatic rings. The first kappa shape index (κ1) is 15.0. The third-order valence-corrected chi connectivity index (χ3v) is 4.79. The van der Waals surface area contributed by atoms with Gasteiger partial charge in [0.25, 0.3) is 0 Å². The van der Waals surface area contributed by atoms with Gasteiger partial charge in [-0.2, -0.15) is 11.8 Å². The molecule has 2 atom stereocenters. The lowest BCUT2D eigenvalue weighted by molar-refractivity contribution is -0.147. The Morgan fingerprint density at radius 2 is 2.15 bits per heavy atom. The number of carbonyl (C=O) groups excluding carboxylic acids is 1. The number of ether oxygens (including phenoxy) is 2. The number of hydrogen-bond acceptors (Lipinski definition) is 5. The molecule has 1 saturated heterocycles. The van der Waals surface area contributed by atoms with Crippen LogP contribution in [0.15, 0.2) is 24.3 Å². The van der Waals surface area contributed by atoms with Gasteiger partial charge in [-0.25, -0.2) is 4.79 Å². The molecule has 2 rings (SSSR count). The van der Waals surface area contributed by atoms with E-state index in [9.17, 15) is 4.79 Å². The molecule has 0 aromatic heterocycles. The Kier molecular flexibility index (Phi) is 4.81. The summed E-state index contributed by atoms with van der Waals surface area (Å²) >= 11 is 1.80. The number of benzene rings is 1. The van der Waals surface area contributed by atoms with E-state index < -0.39 is 5.54 Å². The summed E-state index contributed by atoms with van der Waals surface area (Å²) in [5.74, 6) is 1.38. The largest absolute Gasteiger partial charge is 0.497 e. The summed E-state index contributed by atoms with van der Waals surface area (Å²) in [6.45, 7) is 4.38. The van der Waals surface area contributed by atoms with Crippen LogP contribution < -0.4 is 10.1 Å². The normalized spacial score (nSPS) is 25.2. The van der Waals surface area contributed by atoms with Crippen LogP contribution in [0.3, 0.4) is 0 Å². The van der Waals surface area contributed by atoms with Gasteiger partial charge in [0.15, 0.2) is 0 Å². The van der Waals surface area contributed by atoms with Crippen molar-refractivity contribution in [3.8, 4) is 5.75 Å². The number of rotatable bonds is 5. The molecule has 1 N–H and O–H groups in total. The lowest BCUT2D eigenvalue weighted by atomic mass is 9.95. The second-order valence-corrected chi connectivity index (χ2v) is 6.41. The molecular formula is C15H21NO3S. The SMILES string of the molecule is CCOC(=O)C1(Nc2ccc(OC)cc2)CSC(C)C1. The van der Waals surface area contributed by atoms with Gasteiger partial charge in [-0.05, 0) is 37.6 Å². The third-order valence-electron chi connectivity index (χ3n) is 3.39. The zero-order valence-corrected chi connectivity index (χ0v) is 13.0. The summed E-state index contributed by atoms with van der Waals surface area (Å²) in [6, 6.07) is 7.61. The molecule has 110 valence electrons. The smallest absolute Gasteiger partial charge is 0.332 e. The number of carbonyl (C=O) groups is 1. The Morgan fingerprint density at radius 3 is 2.65 bits per heavy atom. The van der Waals surface area contributed by atoms with E-state index in [0.29, 0.717) is 11.9 Å². The predicted molar refractivity (Wildman–Crippen MR) is 82.5 cm³/mol. The van der Waals surface area contributed by atoms with Crippen LogP contribution in [-0.2, 0) is 9.53 Å². The minimum absolute atomic E-state index is 0.160. The fourth-order valence-corrected chi connectivity index (χ4v) is 3.67. The molecule has 5 heteroatoms. The summed E-state index contributed by atoms with van der Waals surface area (Å²) in [5, 5.41) is 3.82. The van der Waals surface area contributed by atoms with Gasteiger partial charge in [0.05, 0.1) is 13.7 Å². The average molecular weight is 295 g/mol. The molecule has 1 aliphatic heterocycles. The molecular weight excluding hydrogens is 274 g/mol. The molecule has 0 spiro atoms. The second-order valence-electron chi connectivity index (χ2n) is 4.98. The van der Waals surface area contributed by atoms with Crippen molar-refractivity contribution < 1.29 is 14.3 Å². The van der Waals surface area contributed by atoms with E-state index in [-0.39, 0.29) is 5.97 Å². The Bertz CT molecular complexity index is 463. The van der Waals surface area contributed by atoms with E-state index in [4.69, 9.17) is 9.47 Å². The maximum Gasteiger partial charge on any atom is 0.332 e. The summed E-state index contributed by atoms with van der Waals surface area (Å²) in [6.07, 6.45) is 0.780. The maximum absolute atomic E-state index is 12.3. The predicted octanol–water partition coefficient (Wildman–Crippen LogP) is 2.93. The monoisotopic (exact) mass is 295 g/mol. The Labute approximate surface area is 124 Å². The number of nitrogens with one attached hydrogen (secondary N) is 1. The van der Waals surface area contributed by atoms with Gasteiger partial charge < -0.3 is 14.8 Å². The van der Waals surface area contributed by atoms with E-state index in [1.165, 1.54) is 0 Å². The first-order valence-electron chi connectivity index (χ1n) is 6.80. The van der Waals surface area contributed by atoms with Crippen LogP contribution in [-0.4, -0.2) is 36.2 Å². The fourth-order valence-electron chi connectivity index (χ4n) is 2.39. The fraction of sp³-hybridized carbons (Fsp3) is 0.533. The molecule has 0 aliphatic carbocycles. The summed E-state index contributed by atoms with van der Waals surface area (Å²) in [4.78, 5) is 12.3. The highest BCUT2D eigenvalue weighted by atomic mass is 32.2. The molecule has 4 nitrogen and oxygen atoms in total. The van der Waals surface area contributed by atoms with Crippen LogP contribution in [0.1, 0.15) is 20.3 Å². The quantitative estimate of drug-likeness (QED) is 0.846. The Balaban J connectivity index is 2.17. The van der Waals surface area contributed by atoms with Crippen LogP contribution in [0.4, 0.5) is 5.69 Å². The molecule has 1 heterocycles. The molecule has 1 aromatic carbocycles. The third kappa shape index (κ3) is 3.20. The highest BCUT2D eigenvalue weighted by Crippen LogP contribution is 2.38. The van der Waals surface area contributed by atoms with Gasteiger partial charge in [-0.15, -0.1) is 0 Å². The van der Waals surface area contributed by atoms with Crippen molar-refractivity contribution in [2.75, 3.05) is 24.8 Å². The molecule has 0 saturated carbocycles. The molecule has 2 unspecified atom stereocenters. The van der Waals surface area contributed by atoms with Crippen molar-refractivity contribution in [1.82, 2.24) is 0 Å². The molecule has 1 aromatic rings. The Morgan fingerprint density at radius 1 is 1.45 bits per heavy atom. The van der Waals surface area contributed by atoms with Crippen LogP contribution in [0.25, 0.3) is 0 Å². The summed E-state index contributed by atoms with van der Waals surface area (Å²) in [7, 11) is 1.64. The summed E-state index contributed by atoms with van der Waals surface area (Å²) < 4.78 is 10.4. The minimum Gasteiger partial charge on any atom is -0.497 e. The molecule has 0 radical (unpaired) electrons. The minimum atomic E-state index is -0.616. The van der Waals surface area contributed by atoms with Crippen molar-refractivity contribution in [3.63, 3.8) is 0 Å². The van der Waals surface area contributed by atoms with Crippen LogP contribution in [0, 0.1) is 0 Å². The van der Waals surface area contributed by atoms with Crippen molar-refractivity contribution in [1.29, 1.82) is 0 Å². The van der Waals surface area contributed by atoms with E-state index in [2.05, 4.69) is 12.2 Å². The highest BCUT2D eigenvalue weighted by Gasteiger charge is 2.46. The van der Waals surface area contributed by atoms with Crippen LogP contribution in [0.5, 0.6) is 5.75 Å². The lowest BCUT2D eigenvalue weighted by Crippen LogP contribution is -2.48. The first-order valence-corrected chi connectivity index (χ1v) is 7.85. The van der Waals surface area contributed by atoms with Crippen LogP contribution >= 0.6 is 11.8 Å². The van der Waals surface area contributed by atoms with Crippen molar-refractivity contribution in [2.45, 2.75) is 31.1 Å². The summed E-state index contributed by atoms with van der Waals surface area (Å²) in [5.41, 5.74) is 0.294. The highest BCUT2D eigenvalue weighted by molar-refractivity contribution is 8.00. The van der Waals surface area contributed by atoms with Crippen molar-refractivity contribution >= 4 is 23.4 Å². The van der Waals surface area contributed by atoms with Crippen molar-refractivity contribution in [3.05, 3.63) is 24.3 Å². The standard InChI is InChI=1S/C15H21NO3S/c1-4-19-14(17)15(9-11(2)20-10-15)16-12-5-7-13(18-3)8-6-12/h5-8,11,16H,4,9-10H2,1-3H3. The zero-order valence-electron chi connectivity index (χ0n) is 12.1. The molecule has 0 amide bonds. The van der Waals surface area contributed by atoms with E-state index in [1.807, 2.05) is 31.2 Å². The first-order chi connectivity index (χ1) is 9.59. The van der Waals surface area contributed by atoms with Gasteiger partial charge in [-0.3, -0.25) is 0 Å². The topological polar surface area (TPSA) is 47.6 Å². The number of thioether (sulfide) groups is 1. The molecule has 1 fully saturated rings. The van der Waals surface area contributed by atoms with E-state index in [1.54, 1.807) is 18.9 Å². The maximum atomic E-state index is 12.3. The van der Waals surface area contributed by atoms with Gasteiger partial charge >= 0.3 is 5.97 Å². The van der Waals surface area contributed by atoms with E-state index >= 15 is 0 Å². The Hall–Kier alpha value is -1.36. The van der Waals surface area contributed by atoms with Crippen LogP contribution in [0.2, 0.25) is 0 Å². The number of hydrogen-bond donors (Lipinski definition) is 1. The molecule has 0 bridgehead atoms. The molecule has 20 heavy (non-hydrogen) atoms. The number of anilines is 1. The number of esters is 1. The van der Waals surface area contributed by atoms with Gasteiger partial charge in [-0.1, -0.05) is 6.92 Å².